The summed E-state index contributed by atoms with van der Waals surface area (Å²) in [5.41, 5.74) is 2.73. The smallest absolute Gasteiger partial charge is 0.319 e. The molecular formula is C28H29ClN6O4. The number of pyridine rings is 1. The Morgan fingerprint density at radius 2 is 1.77 bits per heavy atom. The zero-order chi connectivity index (χ0) is 27.2. The van der Waals surface area contributed by atoms with Gasteiger partial charge in [-0.3, -0.25) is 4.79 Å². The van der Waals surface area contributed by atoms with Crippen molar-refractivity contribution < 1.29 is 19.1 Å². The van der Waals surface area contributed by atoms with Crippen LogP contribution in [0.4, 0.5) is 33.4 Å². The van der Waals surface area contributed by atoms with Crippen LogP contribution in [0.1, 0.15) is 12.8 Å². The Balaban J connectivity index is 1.29. The van der Waals surface area contributed by atoms with Crippen LogP contribution in [-0.2, 0) is 9.53 Å². The van der Waals surface area contributed by atoms with Gasteiger partial charge in [-0.1, -0.05) is 18.2 Å². The third kappa shape index (κ3) is 7.18. The quantitative estimate of drug-likeness (QED) is 0.260. The number of nitrogens with zero attached hydrogens (tertiary/aromatic N) is 2. The third-order valence-electron chi connectivity index (χ3n) is 6.15. The monoisotopic (exact) mass is 548 g/mol. The molecule has 2 fully saturated rings. The van der Waals surface area contributed by atoms with Crippen LogP contribution in [0.25, 0.3) is 0 Å². The second kappa shape index (κ2) is 12.1. The number of amides is 3. The zero-order valence-corrected chi connectivity index (χ0v) is 22.0. The number of nitrogens with one attached hydrogen (secondary N) is 4. The molecule has 1 aliphatic heterocycles. The lowest BCUT2D eigenvalue weighted by Gasteiger charge is -2.29. The van der Waals surface area contributed by atoms with Crippen molar-refractivity contribution in [1.82, 2.24) is 10.3 Å². The summed E-state index contributed by atoms with van der Waals surface area (Å²) in [6, 6.07) is 14.3. The predicted molar refractivity (Wildman–Crippen MR) is 153 cm³/mol. The number of halogens is 1. The second-order valence-electron chi connectivity index (χ2n) is 9.14. The molecular weight excluding hydrogens is 520 g/mol. The van der Waals surface area contributed by atoms with Crippen molar-refractivity contribution in [2.24, 2.45) is 0 Å². The molecule has 2 aliphatic rings. The molecule has 3 aromatic rings. The number of rotatable bonds is 9. The Morgan fingerprint density at radius 1 is 1.00 bits per heavy atom. The zero-order valence-electron chi connectivity index (χ0n) is 21.2. The Labute approximate surface area is 231 Å². The van der Waals surface area contributed by atoms with Crippen molar-refractivity contribution in [2.45, 2.75) is 18.9 Å². The highest BCUT2D eigenvalue weighted by Crippen LogP contribution is 2.33. The summed E-state index contributed by atoms with van der Waals surface area (Å²) in [7, 11) is 0. The first-order valence-corrected chi connectivity index (χ1v) is 13.0. The van der Waals surface area contributed by atoms with E-state index >= 15 is 0 Å². The number of carbonyl (C=O) groups excluding carboxylic acids is 2. The lowest BCUT2D eigenvalue weighted by molar-refractivity contribution is -0.111. The lowest BCUT2D eigenvalue weighted by Crippen LogP contribution is -2.36. The Morgan fingerprint density at radius 3 is 2.51 bits per heavy atom. The maximum absolute atomic E-state index is 12.1. The van der Waals surface area contributed by atoms with E-state index in [-0.39, 0.29) is 18.0 Å². The number of hydrogen-bond donors (Lipinski definition) is 4. The predicted octanol–water partition coefficient (Wildman–Crippen LogP) is 5.52. The molecule has 1 aliphatic carbocycles. The standard InChI is InChI=1S/C28H29ClN6O4/c1-2-27(36)33-25-15-19(35-11-13-38-14-12-35)5-7-24(25)32-26-17-21(9-10-30-26)39-20-6-8-23(22(29)16-20)34-28(37)31-18-3-4-18/h2,5-10,15-18H,1,3-4,11-14H2,(H,30,32)(H,33,36)(H2,31,34,37). The van der Waals surface area contributed by atoms with Gasteiger partial charge in [0.05, 0.1) is 35.3 Å². The summed E-state index contributed by atoms with van der Waals surface area (Å²) in [4.78, 5) is 30.7. The first kappa shape index (κ1) is 26.3. The van der Waals surface area contributed by atoms with E-state index in [0.29, 0.717) is 52.6 Å². The molecule has 1 saturated carbocycles. The van der Waals surface area contributed by atoms with Crippen LogP contribution in [0.3, 0.4) is 0 Å². The maximum atomic E-state index is 12.1. The van der Waals surface area contributed by atoms with Gasteiger partial charge in [-0.25, -0.2) is 9.78 Å². The Hall–Kier alpha value is -4.28. The largest absolute Gasteiger partial charge is 0.457 e. The van der Waals surface area contributed by atoms with Gasteiger partial charge in [-0.15, -0.1) is 0 Å². The SMILES string of the molecule is C=CC(=O)Nc1cc(N2CCOCC2)ccc1Nc1cc(Oc2ccc(NC(=O)NC3CC3)c(Cl)c2)ccn1. The molecule has 0 bridgehead atoms. The molecule has 0 radical (unpaired) electrons. The summed E-state index contributed by atoms with van der Waals surface area (Å²) in [5.74, 6) is 1.22. The van der Waals surface area contributed by atoms with Crippen molar-refractivity contribution in [3.63, 3.8) is 0 Å². The van der Waals surface area contributed by atoms with Crippen molar-refractivity contribution in [3.8, 4) is 11.5 Å². The first-order chi connectivity index (χ1) is 19.0. The normalized spacial score (nSPS) is 14.7. The van der Waals surface area contributed by atoms with Gasteiger partial charge in [-0.05, 0) is 55.3 Å². The van der Waals surface area contributed by atoms with Crippen molar-refractivity contribution >= 4 is 52.1 Å². The van der Waals surface area contributed by atoms with Crippen molar-refractivity contribution in [1.29, 1.82) is 0 Å². The van der Waals surface area contributed by atoms with E-state index in [9.17, 15) is 9.59 Å². The molecule has 11 heteroatoms. The number of urea groups is 1. The fourth-order valence-corrected chi connectivity index (χ4v) is 4.21. The van der Waals surface area contributed by atoms with Crippen molar-refractivity contribution in [2.75, 3.05) is 47.2 Å². The molecule has 3 amide bonds. The molecule has 4 N–H and O–H groups in total. The van der Waals surface area contributed by atoms with Gasteiger partial charge in [0.25, 0.3) is 0 Å². The number of morpholine rings is 1. The van der Waals surface area contributed by atoms with Gasteiger partial charge >= 0.3 is 6.03 Å². The van der Waals surface area contributed by atoms with Gasteiger partial charge in [-0.2, -0.15) is 0 Å². The molecule has 2 heterocycles. The van der Waals surface area contributed by atoms with Gasteiger partial charge in [0.15, 0.2) is 0 Å². The highest BCUT2D eigenvalue weighted by molar-refractivity contribution is 6.33. The summed E-state index contributed by atoms with van der Waals surface area (Å²) in [6.07, 6.45) is 4.84. The number of carbonyl (C=O) groups is 2. The minimum absolute atomic E-state index is 0.248. The average molecular weight is 549 g/mol. The Bertz CT molecular complexity index is 1370. The number of anilines is 5. The summed E-state index contributed by atoms with van der Waals surface area (Å²) in [5, 5.41) is 12.1. The molecule has 1 saturated heterocycles. The summed E-state index contributed by atoms with van der Waals surface area (Å²) in [6.45, 7) is 6.42. The van der Waals surface area contributed by atoms with Crippen LogP contribution in [0, 0.1) is 0 Å². The van der Waals surface area contributed by atoms with Crippen LogP contribution in [0.2, 0.25) is 5.02 Å². The van der Waals surface area contributed by atoms with Gasteiger partial charge < -0.3 is 35.6 Å². The minimum atomic E-state index is -0.318. The minimum Gasteiger partial charge on any atom is -0.457 e. The Kier molecular flexibility index (Phi) is 8.14. The van der Waals surface area contributed by atoms with Crippen LogP contribution in [0.5, 0.6) is 11.5 Å². The van der Waals surface area contributed by atoms with Crippen LogP contribution in [0.15, 0.2) is 67.4 Å². The van der Waals surface area contributed by atoms with E-state index in [1.54, 1.807) is 36.5 Å². The first-order valence-electron chi connectivity index (χ1n) is 12.6. The van der Waals surface area contributed by atoms with E-state index in [0.717, 1.165) is 31.6 Å². The average Bonchev–Trinajstić information content (AvgIpc) is 3.76. The van der Waals surface area contributed by atoms with E-state index in [1.807, 2.05) is 18.2 Å². The second-order valence-corrected chi connectivity index (χ2v) is 9.55. The molecule has 39 heavy (non-hydrogen) atoms. The molecule has 202 valence electrons. The topological polar surface area (TPSA) is 117 Å². The molecule has 0 unspecified atom stereocenters. The van der Waals surface area contributed by atoms with Crippen LogP contribution >= 0.6 is 11.6 Å². The molecule has 0 spiro atoms. The van der Waals surface area contributed by atoms with Gasteiger partial charge in [0.1, 0.15) is 17.3 Å². The lowest BCUT2D eigenvalue weighted by atomic mass is 10.2. The molecule has 1 aromatic heterocycles. The van der Waals surface area contributed by atoms with Gasteiger partial charge in [0, 0.05) is 43.1 Å². The molecule has 5 rings (SSSR count). The number of hydrogen-bond acceptors (Lipinski definition) is 7. The van der Waals surface area contributed by atoms with Crippen LogP contribution < -0.4 is 30.9 Å². The summed E-state index contributed by atoms with van der Waals surface area (Å²) >= 11 is 6.37. The fourth-order valence-electron chi connectivity index (χ4n) is 4.00. The van der Waals surface area contributed by atoms with E-state index in [2.05, 4.69) is 37.7 Å². The summed E-state index contributed by atoms with van der Waals surface area (Å²) < 4.78 is 11.4. The fraction of sp³-hybridized carbons (Fsp3) is 0.250. The van der Waals surface area contributed by atoms with Gasteiger partial charge in [0.2, 0.25) is 5.91 Å². The molecule has 0 atom stereocenters. The van der Waals surface area contributed by atoms with E-state index in [1.165, 1.54) is 6.08 Å². The number of aromatic nitrogens is 1. The highest BCUT2D eigenvalue weighted by Gasteiger charge is 2.23. The maximum Gasteiger partial charge on any atom is 0.319 e. The molecule has 10 nitrogen and oxygen atoms in total. The van der Waals surface area contributed by atoms with Crippen LogP contribution in [-0.4, -0.2) is 49.3 Å². The van der Waals surface area contributed by atoms with Crippen molar-refractivity contribution in [3.05, 3.63) is 72.4 Å². The molecule has 2 aromatic carbocycles. The van der Waals surface area contributed by atoms with E-state index < -0.39 is 0 Å². The third-order valence-corrected chi connectivity index (χ3v) is 6.47. The van der Waals surface area contributed by atoms with E-state index in [4.69, 9.17) is 21.1 Å². The number of benzene rings is 2. The number of ether oxygens (including phenoxy) is 2. The highest BCUT2D eigenvalue weighted by atomic mass is 35.5.